The number of carbonyl (C=O) groups is 2. The van der Waals surface area contributed by atoms with Gasteiger partial charge in [0.15, 0.2) is 0 Å². The van der Waals surface area contributed by atoms with Gasteiger partial charge in [0.2, 0.25) is 11.8 Å². The SMILES string of the molecule is O=C1CCN(C(=O)Cc2ccc3ccccc3c2)CCN1. The molecule has 0 bridgehead atoms. The van der Waals surface area contributed by atoms with E-state index in [0.717, 1.165) is 10.9 Å². The van der Waals surface area contributed by atoms with Gasteiger partial charge in [0.05, 0.1) is 6.42 Å². The zero-order chi connectivity index (χ0) is 14.7. The molecule has 2 aromatic carbocycles. The Balaban J connectivity index is 1.72. The van der Waals surface area contributed by atoms with E-state index < -0.39 is 0 Å². The Kier molecular flexibility index (Phi) is 3.86. The van der Waals surface area contributed by atoms with Gasteiger partial charge in [-0.3, -0.25) is 9.59 Å². The van der Waals surface area contributed by atoms with Gasteiger partial charge in [-0.15, -0.1) is 0 Å². The van der Waals surface area contributed by atoms with E-state index in [2.05, 4.69) is 23.5 Å². The van der Waals surface area contributed by atoms with Crippen LogP contribution in [0.5, 0.6) is 0 Å². The van der Waals surface area contributed by atoms with Crippen LogP contribution in [0.25, 0.3) is 10.8 Å². The maximum absolute atomic E-state index is 12.3. The fourth-order valence-corrected chi connectivity index (χ4v) is 2.65. The number of amides is 2. The van der Waals surface area contributed by atoms with Crippen molar-refractivity contribution in [1.82, 2.24) is 10.2 Å². The van der Waals surface area contributed by atoms with Crippen LogP contribution in [-0.2, 0) is 16.0 Å². The number of benzene rings is 2. The summed E-state index contributed by atoms with van der Waals surface area (Å²) in [4.78, 5) is 25.4. The van der Waals surface area contributed by atoms with Crippen molar-refractivity contribution in [3.05, 3.63) is 48.0 Å². The Morgan fingerprint density at radius 2 is 1.90 bits per heavy atom. The summed E-state index contributed by atoms with van der Waals surface area (Å²) >= 11 is 0. The molecule has 2 amide bonds. The largest absolute Gasteiger partial charge is 0.354 e. The molecule has 0 saturated carbocycles. The molecule has 1 aliphatic rings. The van der Waals surface area contributed by atoms with Crippen molar-refractivity contribution in [3.8, 4) is 0 Å². The molecule has 2 aromatic rings. The average Bonchev–Trinajstić information content (AvgIpc) is 2.72. The van der Waals surface area contributed by atoms with Crippen LogP contribution in [0.2, 0.25) is 0 Å². The van der Waals surface area contributed by atoms with Gasteiger partial charge in [0.25, 0.3) is 0 Å². The highest BCUT2D eigenvalue weighted by Gasteiger charge is 2.18. The molecule has 1 fully saturated rings. The molecule has 1 heterocycles. The molecule has 0 aromatic heterocycles. The predicted molar refractivity (Wildman–Crippen MR) is 81.9 cm³/mol. The highest BCUT2D eigenvalue weighted by molar-refractivity contribution is 5.86. The second-order valence-corrected chi connectivity index (χ2v) is 5.34. The number of rotatable bonds is 2. The number of hydrogen-bond acceptors (Lipinski definition) is 2. The lowest BCUT2D eigenvalue weighted by molar-refractivity contribution is -0.130. The first-order valence-corrected chi connectivity index (χ1v) is 7.24. The number of hydrogen-bond donors (Lipinski definition) is 1. The molecule has 3 rings (SSSR count). The summed E-state index contributed by atoms with van der Waals surface area (Å²) in [6.45, 7) is 1.65. The van der Waals surface area contributed by atoms with Crippen molar-refractivity contribution >= 4 is 22.6 Å². The molecule has 0 aliphatic carbocycles. The third-order valence-corrected chi connectivity index (χ3v) is 3.83. The fraction of sp³-hybridized carbons (Fsp3) is 0.294. The number of carbonyl (C=O) groups excluding carboxylic acids is 2. The lowest BCUT2D eigenvalue weighted by atomic mass is 10.0. The minimum Gasteiger partial charge on any atom is -0.354 e. The first-order valence-electron chi connectivity index (χ1n) is 7.24. The highest BCUT2D eigenvalue weighted by Crippen LogP contribution is 2.16. The van der Waals surface area contributed by atoms with Crippen molar-refractivity contribution in [2.75, 3.05) is 19.6 Å². The molecule has 1 saturated heterocycles. The topological polar surface area (TPSA) is 49.4 Å². The van der Waals surface area contributed by atoms with E-state index in [1.165, 1.54) is 5.39 Å². The molecule has 0 radical (unpaired) electrons. The van der Waals surface area contributed by atoms with Crippen LogP contribution in [0.3, 0.4) is 0 Å². The normalized spacial score (nSPS) is 15.6. The van der Waals surface area contributed by atoms with Gasteiger partial charge in [0.1, 0.15) is 0 Å². The summed E-state index contributed by atoms with van der Waals surface area (Å²) in [5.41, 5.74) is 1.02. The predicted octanol–water partition coefficient (Wildman–Crippen LogP) is 1.73. The average molecular weight is 282 g/mol. The lowest BCUT2D eigenvalue weighted by Gasteiger charge is -2.19. The van der Waals surface area contributed by atoms with Crippen LogP contribution in [0, 0.1) is 0 Å². The summed E-state index contributed by atoms with van der Waals surface area (Å²) < 4.78 is 0. The number of nitrogens with zero attached hydrogens (tertiary/aromatic N) is 1. The monoisotopic (exact) mass is 282 g/mol. The Labute approximate surface area is 123 Å². The number of nitrogens with one attached hydrogen (secondary N) is 1. The second kappa shape index (κ2) is 5.95. The van der Waals surface area contributed by atoms with E-state index in [1.807, 2.05) is 24.3 Å². The van der Waals surface area contributed by atoms with Crippen LogP contribution in [0.15, 0.2) is 42.5 Å². The van der Waals surface area contributed by atoms with E-state index in [0.29, 0.717) is 32.5 Å². The molecule has 1 N–H and O–H groups in total. The Morgan fingerprint density at radius 1 is 1.10 bits per heavy atom. The van der Waals surface area contributed by atoms with Gasteiger partial charge in [-0.05, 0) is 16.3 Å². The lowest BCUT2D eigenvalue weighted by Crippen LogP contribution is -2.35. The highest BCUT2D eigenvalue weighted by atomic mass is 16.2. The molecule has 0 spiro atoms. The summed E-state index contributed by atoms with van der Waals surface area (Å²) in [7, 11) is 0. The zero-order valence-corrected chi connectivity index (χ0v) is 11.8. The third-order valence-electron chi connectivity index (χ3n) is 3.83. The summed E-state index contributed by atoms with van der Waals surface area (Å²) in [6.07, 6.45) is 0.780. The van der Waals surface area contributed by atoms with E-state index in [4.69, 9.17) is 0 Å². The van der Waals surface area contributed by atoms with E-state index in [1.54, 1.807) is 4.90 Å². The minimum absolute atomic E-state index is 0.0241. The summed E-state index contributed by atoms with van der Waals surface area (Å²) in [5, 5.41) is 5.11. The maximum Gasteiger partial charge on any atom is 0.227 e. The molecule has 21 heavy (non-hydrogen) atoms. The second-order valence-electron chi connectivity index (χ2n) is 5.34. The van der Waals surface area contributed by atoms with Crippen molar-refractivity contribution in [2.45, 2.75) is 12.8 Å². The van der Waals surface area contributed by atoms with E-state index in [-0.39, 0.29) is 11.8 Å². The first kappa shape index (κ1) is 13.6. The van der Waals surface area contributed by atoms with Crippen LogP contribution in [0.4, 0.5) is 0 Å². The fourth-order valence-electron chi connectivity index (χ4n) is 2.65. The standard InChI is InChI=1S/C17H18N2O2/c20-16-7-9-19(10-8-18-16)17(21)12-13-5-6-14-3-1-2-4-15(14)11-13/h1-6,11H,7-10,12H2,(H,18,20). The summed E-state index contributed by atoms with van der Waals surface area (Å²) in [5.74, 6) is 0.109. The van der Waals surface area contributed by atoms with Crippen molar-refractivity contribution in [1.29, 1.82) is 0 Å². The van der Waals surface area contributed by atoms with Gasteiger partial charge in [0, 0.05) is 26.1 Å². The smallest absolute Gasteiger partial charge is 0.227 e. The van der Waals surface area contributed by atoms with Gasteiger partial charge in [-0.25, -0.2) is 0 Å². The Bertz CT molecular complexity index is 681. The number of fused-ring (bicyclic) bond motifs is 1. The molecular formula is C17H18N2O2. The van der Waals surface area contributed by atoms with Crippen molar-refractivity contribution in [3.63, 3.8) is 0 Å². The van der Waals surface area contributed by atoms with Gasteiger partial charge < -0.3 is 10.2 Å². The van der Waals surface area contributed by atoms with Crippen LogP contribution in [0.1, 0.15) is 12.0 Å². The summed E-state index contributed by atoms with van der Waals surface area (Å²) in [6, 6.07) is 14.2. The van der Waals surface area contributed by atoms with Gasteiger partial charge in [-0.2, -0.15) is 0 Å². The molecule has 4 nitrogen and oxygen atoms in total. The Hall–Kier alpha value is -2.36. The maximum atomic E-state index is 12.3. The zero-order valence-electron chi connectivity index (χ0n) is 11.8. The van der Waals surface area contributed by atoms with E-state index >= 15 is 0 Å². The van der Waals surface area contributed by atoms with Crippen LogP contribution >= 0.6 is 0 Å². The Morgan fingerprint density at radius 3 is 2.76 bits per heavy atom. The van der Waals surface area contributed by atoms with Crippen molar-refractivity contribution in [2.24, 2.45) is 0 Å². The quantitative estimate of drug-likeness (QED) is 0.912. The minimum atomic E-state index is 0.0241. The molecule has 0 atom stereocenters. The molecule has 1 aliphatic heterocycles. The molecule has 4 heteroatoms. The van der Waals surface area contributed by atoms with Crippen LogP contribution < -0.4 is 5.32 Å². The van der Waals surface area contributed by atoms with Crippen molar-refractivity contribution < 1.29 is 9.59 Å². The van der Waals surface area contributed by atoms with Crippen LogP contribution in [-0.4, -0.2) is 36.3 Å². The van der Waals surface area contributed by atoms with E-state index in [9.17, 15) is 9.59 Å². The molecule has 0 unspecified atom stereocenters. The molecular weight excluding hydrogens is 264 g/mol. The third kappa shape index (κ3) is 3.21. The first-order chi connectivity index (χ1) is 10.2. The molecule has 108 valence electrons. The van der Waals surface area contributed by atoms with Gasteiger partial charge in [-0.1, -0.05) is 42.5 Å². The van der Waals surface area contributed by atoms with Gasteiger partial charge >= 0.3 is 0 Å².